The van der Waals surface area contributed by atoms with Crippen LogP contribution in [0.15, 0.2) is 0 Å². The molecule has 0 aromatic carbocycles. The Labute approximate surface area is 363 Å². The normalized spacial score (nSPS) is 45.9. The molecule has 4 bridgehead atoms. The van der Waals surface area contributed by atoms with Gasteiger partial charge in [0.25, 0.3) is 0 Å². The molecule has 4 saturated carbocycles. The monoisotopic (exact) mass is 877 g/mol. The lowest BCUT2D eigenvalue weighted by Crippen LogP contribution is -2.77. The van der Waals surface area contributed by atoms with E-state index < -0.39 is 135 Å². The first-order chi connectivity index (χ1) is 28.7. The van der Waals surface area contributed by atoms with Gasteiger partial charge in [-0.25, -0.2) is 4.79 Å². The molecule has 19 atom stereocenters. The van der Waals surface area contributed by atoms with Gasteiger partial charge in [-0.15, -0.1) is 0 Å². The summed E-state index contributed by atoms with van der Waals surface area (Å²) in [7, 11) is 0. The number of rotatable bonds is 10. The number of aliphatic hydroxyl groups is 3. The zero-order valence-corrected chi connectivity index (χ0v) is 38.0. The molecule has 0 unspecified atom stereocenters. The van der Waals surface area contributed by atoms with Crippen LogP contribution in [-0.2, 0) is 61.9 Å². The summed E-state index contributed by atoms with van der Waals surface area (Å²) in [5.74, 6) is -11.6. The van der Waals surface area contributed by atoms with Crippen LogP contribution in [0.3, 0.4) is 0 Å². The molecular formula is C45H67NO16. The number of hydrogen-bond donors (Lipinski definition) is 3. The average Bonchev–Trinajstić information content (AvgIpc) is 3.43. The zero-order chi connectivity index (χ0) is 45.9. The molecule has 62 heavy (non-hydrogen) atoms. The predicted molar refractivity (Wildman–Crippen MR) is 214 cm³/mol. The summed E-state index contributed by atoms with van der Waals surface area (Å²) >= 11 is 0. The molecule has 4 aliphatic carbocycles. The highest BCUT2D eigenvalue weighted by atomic mass is 16.7. The first-order valence-corrected chi connectivity index (χ1v) is 22.5. The Morgan fingerprint density at radius 2 is 1.53 bits per heavy atom. The molecule has 7 rings (SSSR count). The van der Waals surface area contributed by atoms with Gasteiger partial charge in [0.05, 0.1) is 23.0 Å². The van der Waals surface area contributed by atoms with Gasteiger partial charge in [-0.2, -0.15) is 0 Å². The second kappa shape index (κ2) is 15.7. The average molecular weight is 878 g/mol. The minimum Gasteiger partial charge on any atom is -0.462 e. The molecule has 0 amide bonds. The summed E-state index contributed by atoms with van der Waals surface area (Å²) in [6.45, 7) is 17.7. The van der Waals surface area contributed by atoms with E-state index in [0.717, 1.165) is 20.3 Å². The van der Waals surface area contributed by atoms with Crippen LogP contribution in [0.5, 0.6) is 0 Å². The van der Waals surface area contributed by atoms with Crippen LogP contribution in [0.1, 0.15) is 121 Å². The van der Waals surface area contributed by atoms with Gasteiger partial charge >= 0.3 is 35.8 Å². The highest BCUT2D eigenvalue weighted by Crippen LogP contribution is 2.78. The summed E-state index contributed by atoms with van der Waals surface area (Å²) in [5.41, 5.74) is -8.28. The lowest BCUT2D eigenvalue weighted by atomic mass is 9.49. The van der Waals surface area contributed by atoms with E-state index in [9.17, 15) is 44.1 Å². The van der Waals surface area contributed by atoms with E-state index in [-0.39, 0.29) is 31.7 Å². The predicted octanol–water partition coefficient (Wildman–Crippen LogP) is 2.75. The van der Waals surface area contributed by atoms with Crippen LogP contribution in [0.4, 0.5) is 0 Å². The van der Waals surface area contributed by atoms with Gasteiger partial charge in [0.2, 0.25) is 11.4 Å². The van der Waals surface area contributed by atoms with Crippen LogP contribution in [0.2, 0.25) is 0 Å². The van der Waals surface area contributed by atoms with Crippen LogP contribution in [-0.4, -0.2) is 134 Å². The molecule has 17 nitrogen and oxygen atoms in total. The number of ether oxygens (including phenoxy) is 7. The van der Waals surface area contributed by atoms with Crippen molar-refractivity contribution in [2.45, 2.75) is 186 Å². The molecule has 7 fully saturated rings. The lowest BCUT2D eigenvalue weighted by Gasteiger charge is -2.64. The van der Waals surface area contributed by atoms with Crippen LogP contribution < -0.4 is 0 Å². The van der Waals surface area contributed by atoms with Crippen LogP contribution in [0.25, 0.3) is 0 Å². The molecule has 17 heteroatoms. The van der Waals surface area contributed by atoms with Gasteiger partial charge in [0.1, 0.15) is 23.9 Å². The molecule has 3 saturated heterocycles. The Hall–Kier alpha value is -3.38. The minimum absolute atomic E-state index is 0.0477. The van der Waals surface area contributed by atoms with Gasteiger partial charge in [0, 0.05) is 64.1 Å². The quantitative estimate of drug-likeness (QED) is 0.212. The van der Waals surface area contributed by atoms with E-state index >= 15 is 0 Å². The van der Waals surface area contributed by atoms with E-state index in [0.29, 0.717) is 31.8 Å². The molecule has 3 aliphatic heterocycles. The second-order valence-corrected chi connectivity index (χ2v) is 20.5. The summed E-state index contributed by atoms with van der Waals surface area (Å²) in [4.78, 5) is 81.1. The third-order valence-electron chi connectivity index (χ3n) is 16.7. The molecule has 0 radical (unpaired) electrons. The summed E-state index contributed by atoms with van der Waals surface area (Å²) < 4.78 is 42.7. The Balaban J connectivity index is 1.39. The van der Waals surface area contributed by atoms with Gasteiger partial charge in [-0.1, -0.05) is 27.7 Å². The van der Waals surface area contributed by atoms with Crippen molar-refractivity contribution in [1.29, 1.82) is 0 Å². The van der Waals surface area contributed by atoms with Crippen molar-refractivity contribution in [3.63, 3.8) is 0 Å². The Morgan fingerprint density at radius 1 is 0.871 bits per heavy atom. The maximum atomic E-state index is 14.2. The number of carbonyl (C=O) groups is 6. The third-order valence-corrected chi connectivity index (χ3v) is 16.7. The van der Waals surface area contributed by atoms with Crippen LogP contribution >= 0.6 is 0 Å². The largest absolute Gasteiger partial charge is 0.462 e. The molecule has 3 N–H and O–H groups in total. The molecule has 1 spiro atoms. The van der Waals surface area contributed by atoms with E-state index in [2.05, 4.69) is 11.8 Å². The van der Waals surface area contributed by atoms with E-state index in [4.69, 9.17) is 33.2 Å². The maximum absolute atomic E-state index is 14.2. The number of fused-ring (bicyclic) bond motifs is 5. The molecule has 3 heterocycles. The first kappa shape index (κ1) is 46.6. The van der Waals surface area contributed by atoms with E-state index in [1.807, 2.05) is 13.8 Å². The van der Waals surface area contributed by atoms with Crippen LogP contribution in [0, 0.1) is 46.8 Å². The Bertz CT molecular complexity index is 1860. The smallest absolute Gasteiger partial charge is 0.354 e. The zero-order valence-electron chi connectivity index (χ0n) is 38.0. The molecule has 0 aromatic heterocycles. The van der Waals surface area contributed by atoms with Gasteiger partial charge in [0.15, 0.2) is 12.2 Å². The number of piperidine rings is 2. The van der Waals surface area contributed by atoms with Gasteiger partial charge in [-0.05, 0) is 83.5 Å². The summed E-state index contributed by atoms with van der Waals surface area (Å²) in [6, 6.07) is -0.327. The Kier molecular flexibility index (Phi) is 11.8. The minimum atomic E-state index is -2.26. The van der Waals surface area contributed by atoms with Gasteiger partial charge in [-0.3, -0.25) is 28.9 Å². The highest BCUT2D eigenvalue weighted by molar-refractivity contribution is 5.84. The number of carbonyl (C=O) groups excluding carboxylic acids is 6. The van der Waals surface area contributed by atoms with Crippen molar-refractivity contribution in [1.82, 2.24) is 4.90 Å². The molecular weight excluding hydrogens is 810 g/mol. The van der Waals surface area contributed by atoms with Crippen molar-refractivity contribution >= 4 is 35.8 Å². The first-order valence-electron chi connectivity index (χ1n) is 22.5. The van der Waals surface area contributed by atoms with Crippen molar-refractivity contribution in [2.75, 3.05) is 13.1 Å². The standard InChI is InChI=1S/C45H67NO16/c1-12-22(3)38(51)60-37-35(58-26(7)49)34-28(20-46-19-21(2)13-14-32(46)41(34,10)53)29-18-43-36(44(29,37)54)30(57-25(6)48)17-31-40(43,9)16-15-33(45(31,55)62-43)59-39(52)42(11,61-27(8)50)23(4)56-24(5)47/h21-23,28-37,53-55H,12-20H2,1-11H3/t21-,22+,23-,28-,29+,30-,31-,32+,33-,34+,35-,36+,37+,40+,41-,42-,43-,44+,45+/m1/s1. The topological polar surface area (TPSA) is 231 Å². The SMILES string of the molecule is CC[C@H](C)C(=O)O[C@H]1[C@H](OC(C)=O)[C@@H]2[C@H](CN3C[C@H](C)CC[C@H]3[C@@]2(C)O)[C@@H]2C[C@]34O[C@]5(O)[C@H](OC(=O)[C@](C)(OC(C)=O)[C@@H](C)OC(C)=O)CC[C@@]3(C)[C@H]5C[C@@H](OC(C)=O)[C@@H]4[C@@]21O. The summed E-state index contributed by atoms with van der Waals surface area (Å²) in [6.07, 6.45) is -4.49. The van der Waals surface area contributed by atoms with Crippen molar-refractivity contribution < 1.29 is 77.2 Å². The van der Waals surface area contributed by atoms with Crippen molar-refractivity contribution in [3.05, 3.63) is 0 Å². The van der Waals surface area contributed by atoms with Gasteiger partial charge < -0.3 is 48.5 Å². The Morgan fingerprint density at radius 3 is 2.13 bits per heavy atom. The fourth-order valence-corrected chi connectivity index (χ4v) is 13.9. The van der Waals surface area contributed by atoms with E-state index in [1.54, 1.807) is 13.8 Å². The second-order valence-electron chi connectivity index (χ2n) is 20.5. The molecule has 7 aliphatic rings. The highest BCUT2D eigenvalue weighted by Gasteiger charge is 2.88. The fraction of sp³-hybridized carbons (Fsp3) is 0.867. The van der Waals surface area contributed by atoms with E-state index in [1.165, 1.54) is 27.7 Å². The molecule has 0 aromatic rings. The lowest BCUT2D eigenvalue weighted by molar-refractivity contribution is -0.302. The fourth-order valence-electron chi connectivity index (χ4n) is 13.9. The molecule has 348 valence electrons. The van der Waals surface area contributed by atoms with Crippen molar-refractivity contribution in [2.24, 2.45) is 46.8 Å². The summed E-state index contributed by atoms with van der Waals surface area (Å²) in [5, 5.41) is 40.0. The third kappa shape index (κ3) is 6.79. The van der Waals surface area contributed by atoms with Crippen molar-refractivity contribution in [3.8, 4) is 0 Å². The number of esters is 6. The number of hydrogen-bond acceptors (Lipinski definition) is 17. The number of nitrogens with zero attached hydrogens (tertiary/aromatic N) is 1. The maximum Gasteiger partial charge on any atom is 0.354 e.